The van der Waals surface area contributed by atoms with Crippen LogP contribution in [0.4, 0.5) is 5.69 Å². The predicted octanol–water partition coefficient (Wildman–Crippen LogP) is 4.39. The van der Waals surface area contributed by atoms with Crippen LogP contribution in [-0.2, 0) is 4.79 Å². The summed E-state index contributed by atoms with van der Waals surface area (Å²) in [5.41, 5.74) is 6.04. The molecule has 4 rings (SSSR count). The molecule has 0 bridgehead atoms. The highest BCUT2D eigenvalue weighted by atomic mass is 32.2. The maximum Gasteiger partial charge on any atom is 0.269 e. The second-order valence-electron chi connectivity index (χ2n) is 7.27. The molecule has 1 heterocycles. The molecule has 0 unspecified atom stereocenters. The largest absolute Gasteiger partial charge is 0.272 e. The second-order valence-corrected chi connectivity index (χ2v) is 8.22. The van der Waals surface area contributed by atoms with Gasteiger partial charge in [-0.2, -0.15) is 5.10 Å². The molecule has 3 aromatic carbocycles. The van der Waals surface area contributed by atoms with Crippen LogP contribution in [-0.4, -0.2) is 37.6 Å². The van der Waals surface area contributed by atoms with Crippen LogP contribution in [0, 0.1) is 17.0 Å². The number of hydrazone groups is 1. The molecule has 0 atom stereocenters. The standard InChI is InChI=1S/C24H20N6O3S/c1-17-7-11-19(12-8-17)23-27-28-24(29(23)20-5-3-2-4-6-20)34-16-22(31)26-25-15-18-9-13-21(14-10-18)30(32)33/h2-15H,16H2,1H3,(H,26,31). The molecule has 1 amide bonds. The molecule has 0 aliphatic heterocycles. The molecule has 4 aromatic rings. The Morgan fingerprint density at radius 3 is 2.44 bits per heavy atom. The summed E-state index contributed by atoms with van der Waals surface area (Å²) < 4.78 is 1.92. The van der Waals surface area contributed by atoms with E-state index in [-0.39, 0.29) is 17.3 Å². The molecule has 0 aliphatic carbocycles. The van der Waals surface area contributed by atoms with Gasteiger partial charge >= 0.3 is 0 Å². The fraction of sp³-hybridized carbons (Fsp3) is 0.0833. The number of para-hydroxylation sites is 1. The van der Waals surface area contributed by atoms with Crippen molar-refractivity contribution in [1.29, 1.82) is 0 Å². The number of rotatable bonds is 8. The Morgan fingerprint density at radius 1 is 1.06 bits per heavy atom. The first kappa shape index (κ1) is 22.9. The molecule has 0 saturated heterocycles. The van der Waals surface area contributed by atoms with Crippen molar-refractivity contribution in [3.63, 3.8) is 0 Å². The molecular formula is C24H20N6O3S. The van der Waals surface area contributed by atoms with Gasteiger partial charge in [0, 0.05) is 23.4 Å². The zero-order valence-electron chi connectivity index (χ0n) is 18.2. The Morgan fingerprint density at radius 2 is 1.76 bits per heavy atom. The Balaban J connectivity index is 1.45. The van der Waals surface area contributed by atoms with Crippen molar-refractivity contribution in [3.05, 3.63) is 100 Å². The normalized spacial score (nSPS) is 11.0. The highest BCUT2D eigenvalue weighted by Gasteiger charge is 2.17. The minimum atomic E-state index is -0.474. The number of benzene rings is 3. The zero-order chi connectivity index (χ0) is 23.9. The Bertz CT molecular complexity index is 1320. The summed E-state index contributed by atoms with van der Waals surface area (Å²) in [5, 5.41) is 23.9. The maximum atomic E-state index is 12.3. The molecule has 0 aliphatic rings. The van der Waals surface area contributed by atoms with Gasteiger partial charge in [0.2, 0.25) is 0 Å². The van der Waals surface area contributed by atoms with Crippen molar-refractivity contribution in [3.8, 4) is 17.1 Å². The monoisotopic (exact) mass is 472 g/mol. The third-order valence-corrected chi connectivity index (χ3v) is 5.73. The van der Waals surface area contributed by atoms with Gasteiger partial charge in [-0.1, -0.05) is 59.8 Å². The van der Waals surface area contributed by atoms with Crippen molar-refractivity contribution in [2.45, 2.75) is 12.1 Å². The third kappa shape index (κ3) is 5.54. The number of aryl methyl sites for hydroxylation is 1. The van der Waals surface area contributed by atoms with Crippen molar-refractivity contribution in [1.82, 2.24) is 20.2 Å². The lowest BCUT2D eigenvalue weighted by atomic mass is 10.1. The Labute approximate surface area is 199 Å². The van der Waals surface area contributed by atoms with E-state index < -0.39 is 4.92 Å². The summed E-state index contributed by atoms with van der Waals surface area (Å²) >= 11 is 1.25. The smallest absolute Gasteiger partial charge is 0.269 e. The van der Waals surface area contributed by atoms with Crippen LogP contribution in [0.2, 0.25) is 0 Å². The predicted molar refractivity (Wildman–Crippen MR) is 131 cm³/mol. The van der Waals surface area contributed by atoms with Gasteiger partial charge in [0.25, 0.3) is 11.6 Å². The molecule has 34 heavy (non-hydrogen) atoms. The molecule has 1 aromatic heterocycles. The number of hydrogen-bond acceptors (Lipinski definition) is 7. The van der Waals surface area contributed by atoms with Gasteiger partial charge < -0.3 is 0 Å². The average Bonchev–Trinajstić information content (AvgIpc) is 3.28. The van der Waals surface area contributed by atoms with E-state index in [0.717, 1.165) is 16.8 Å². The first-order valence-corrected chi connectivity index (χ1v) is 11.3. The lowest BCUT2D eigenvalue weighted by Gasteiger charge is -2.10. The molecule has 0 fully saturated rings. The van der Waals surface area contributed by atoms with Gasteiger partial charge in [-0.05, 0) is 36.8 Å². The van der Waals surface area contributed by atoms with E-state index in [4.69, 9.17) is 0 Å². The van der Waals surface area contributed by atoms with Crippen LogP contribution in [0.25, 0.3) is 17.1 Å². The molecule has 170 valence electrons. The van der Waals surface area contributed by atoms with Crippen molar-refractivity contribution >= 4 is 29.6 Å². The quantitative estimate of drug-likeness (QED) is 0.176. The van der Waals surface area contributed by atoms with Crippen molar-refractivity contribution in [2.24, 2.45) is 5.10 Å². The molecule has 9 nitrogen and oxygen atoms in total. The second kappa shape index (κ2) is 10.5. The van der Waals surface area contributed by atoms with Crippen LogP contribution in [0.15, 0.2) is 89.1 Å². The van der Waals surface area contributed by atoms with Gasteiger partial charge in [-0.15, -0.1) is 10.2 Å². The minimum Gasteiger partial charge on any atom is -0.272 e. The summed E-state index contributed by atoms with van der Waals surface area (Å²) in [6.45, 7) is 2.02. The van der Waals surface area contributed by atoms with Gasteiger partial charge in [-0.3, -0.25) is 19.5 Å². The first-order chi connectivity index (χ1) is 16.5. The maximum absolute atomic E-state index is 12.3. The number of nitrogens with one attached hydrogen (secondary N) is 1. The number of thioether (sulfide) groups is 1. The molecule has 1 N–H and O–H groups in total. The number of nitro groups is 1. The zero-order valence-corrected chi connectivity index (χ0v) is 19.0. The summed E-state index contributed by atoms with van der Waals surface area (Å²) in [6, 6.07) is 23.6. The van der Waals surface area contributed by atoms with E-state index in [2.05, 4.69) is 20.7 Å². The van der Waals surface area contributed by atoms with E-state index in [0.29, 0.717) is 16.5 Å². The van der Waals surface area contributed by atoms with E-state index in [1.807, 2.05) is 66.1 Å². The van der Waals surface area contributed by atoms with E-state index in [1.54, 1.807) is 12.1 Å². The number of nitrogens with zero attached hydrogens (tertiary/aromatic N) is 5. The van der Waals surface area contributed by atoms with E-state index in [9.17, 15) is 14.9 Å². The van der Waals surface area contributed by atoms with Crippen LogP contribution in [0.1, 0.15) is 11.1 Å². The van der Waals surface area contributed by atoms with Gasteiger partial charge in [0.05, 0.1) is 16.9 Å². The highest BCUT2D eigenvalue weighted by molar-refractivity contribution is 7.99. The first-order valence-electron chi connectivity index (χ1n) is 10.3. The number of hydrogen-bond donors (Lipinski definition) is 1. The van der Waals surface area contributed by atoms with Crippen molar-refractivity contribution < 1.29 is 9.72 Å². The molecule has 10 heteroatoms. The SMILES string of the molecule is Cc1ccc(-c2nnc(SCC(=O)NN=Cc3ccc([N+](=O)[O-])cc3)n2-c2ccccc2)cc1. The van der Waals surface area contributed by atoms with Crippen LogP contribution in [0.3, 0.4) is 0 Å². The molecule has 0 radical (unpaired) electrons. The number of carbonyl (C=O) groups excluding carboxylic acids is 1. The number of amides is 1. The van der Waals surface area contributed by atoms with Gasteiger partial charge in [-0.25, -0.2) is 5.43 Å². The van der Waals surface area contributed by atoms with Crippen LogP contribution < -0.4 is 5.43 Å². The Kier molecular flexibility index (Phi) is 7.09. The topological polar surface area (TPSA) is 115 Å². The number of aromatic nitrogens is 3. The summed E-state index contributed by atoms with van der Waals surface area (Å²) in [6.07, 6.45) is 1.42. The van der Waals surface area contributed by atoms with Gasteiger partial charge in [0.15, 0.2) is 11.0 Å². The molecule has 0 spiro atoms. The molecule has 0 saturated carbocycles. The van der Waals surface area contributed by atoms with Crippen LogP contribution >= 0.6 is 11.8 Å². The average molecular weight is 473 g/mol. The van der Waals surface area contributed by atoms with E-state index in [1.165, 1.54) is 30.1 Å². The lowest BCUT2D eigenvalue weighted by Crippen LogP contribution is -2.20. The summed E-state index contributed by atoms with van der Waals surface area (Å²) in [5.74, 6) is 0.448. The lowest BCUT2D eigenvalue weighted by molar-refractivity contribution is -0.384. The van der Waals surface area contributed by atoms with E-state index >= 15 is 0 Å². The third-order valence-electron chi connectivity index (χ3n) is 4.80. The minimum absolute atomic E-state index is 0.00915. The van der Waals surface area contributed by atoms with Gasteiger partial charge in [0.1, 0.15) is 0 Å². The number of carbonyl (C=O) groups is 1. The Hall–Kier alpha value is -4.31. The highest BCUT2D eigenvalue weighted by Crippen LogP contribution is 2.28. The van der Waals surface area contributed by atoms with Crippen molar-refractivity contribution in [2.75, 3.05) is 5.75 Å². The fourth-order valence-corrected chi connectivity index (χ4v) is 3.83. The molecular weight excluding hydrogens is 452 g/mol. The number of nitro benzene ring substituents is 1. The fourth-order valence-electron chi connectivity index (χ4n) is 3.09. The summed E-state index contributed by atoms with van der Waals surface area (Å²) in [4.78, 5) is 22.6. The van der Waals surface area contributed by atoms with Crippen LogP contribution in [0.5, 0.6) is 0 Å². The number of non-ortho nitro benzene ring substituents is 1. The summed E-state index contributed by atoms with van der Waals surface area (Å²) in [7, 11) is 0.